The molecule has 1 unspecified atom stereocenters. The molecule has 0 spiro atoms. The number of hydrogen-bond donors (Lipinski definition) is 1. The van der Waals surface area contributed by atoms with E-state index in [0.717, 1.165) is 0 Å². The van der Waals surface area contributed by atoms with Gasteiger partial charge < -0.3 is 14.5 Å². The van der Waals surface area contributed by atoms with Crippen molar-refractivity contribution in [3.05, 3.63) is 26.8 Å². The van der Waals surface area contributed by atoms with Gasteiger partial charge in [0.05, 0.1) is 19.8 Å². The van der Waals surface area contributed by atoms with E-state index in [9.17, 15) is 4.79 Å². The molecule has 14 heavy (non-hydrogen) atoms. The number of nitrogens with one attached hydrogen (secondary N) is 1. The molecule has 0 amide bonds. The molecule has 6 heteroatoms. The van der Waals surface area contributed by atoms with Crippen LogP contribution in [0.3, 0.4) is 0 Å². The van der Waals surface area contributed by atoms with Gasteiger partial charge in [0.1, 0.15) is 16.4 Å². The summed E-state index contributed by atoms with van der Waals surface area (Å²) in [4.78, 5) is 17.9. The first-order valence-corrected chi connectivity index (χ1v) is 5.01. The van der Waals surface area contributed by atoms with Crippen LogP contribution in [0, 0.1) is 0 Å². The Morgan fingerprint density at radius 3 is 3.07 bits per heavy atom. The molecule has 0 aliphatic carbocycles. The number of aromatic nitrogens is 2. The smallest absolute Gasteiger partial charge is 0.265 e. The second-order valence-electron chi connectivity index (χ2n) is 2.88. The minimum absolute atomic E-state index is 0.204. The van der Waals surface area contributed by atoms with Gasteiger partial charge in [-0.1, -0.05) is 0 Å². The molecule has 0 saturated carbocycles. The van der Waals surface area contributed by atoms with E-state index >= 15 is 0 Å². The molecule has 1 aromatic rings. The molecule has 1 saturated heterocycles. The largest absolute Gasteiger partial charge is 0.376 e. The summed E-state index contributed by atoms with van der Waals surface area (Å²) in [6.07, 6.45) is 1.20. The van der Waals surface area contributed by atoms with Crippen LogP contribution in [0.2, 0.25) is 0 Å². The van der Waals surface area contributed by atoms with E-state index in [1.165, 1.54) is 6.20 Å². The van der Waals surface area contributed by atoms with Crippen molar-refractivity contribution in [3.8, 4) is 0 Å². The maximum absolute atomic E-state index is 11.2. The second-order valence-corrected chi connectivity index (χ2v) is 3.73. The molecule has 1 fully saturated rings. The Balaban J connectivity index is 2.23. The third-order valence-electron chi connectivity index (χ3n) is 1.90. The number of halogens is 1. The summed E-state index contributed by atoms with van der Waals surface area (Å²) >= 11 is 3.08. The Hall–Kier alpha value is -0.720. The van der Waals surface area contributed by atoms with Crippen LogP contribution in [0.5, 0.6) is 0 Å². The van der Waals surface area contributed by atoms with Gasteiger partial charge in [0.15, 0.2) is 0 Å². The highest BCUT2D eigenvalue weighted by Crippen LogP contribution is 2.15. The van der Waals surface area contributed by atoms with Gasteiger partial charge in [-0.25, -0.2) is 4.98 Å². The van der Waals surface area contributed by atoms with E-state index < -0.39 is 0 Å². The predicted molar refractivity (Wildman–Crippen MR) is 52.1 cm³/mol. The van der Waals surface area contributed by atoms with E-state index in [1.54, 1.807) is 0 Å². The molecular weight excluding hydrogens is 252 g/mol. The number of hydrogen-bond acceptors (Lipinski definition) is 4. The lowest BCUT2D eigenvalue weighted by molar-refractivity contribution is -0.0936. The van der Waals surface area contributed by atoms with E-state index in [2.05, 4.69) is 25.9 Å². The van der Waals surface area contributed by atoms with Gasteiger partial charge in [-0.3, -0.25) is 4.79 Å². The summed E-state index contributed by atoms with van der Waals surface area (Å²) in [5, 5.41) is 0. The van der Waals surface area contributed by atoms with Gasteiger partial charge >= 0.3 is 0 Å². The molecule has 1 aliphatic rings. The zero-order chi connectivity index (χ0) is 9.97. The van der Waals surface area contributed by atoms with Crippen LogP contribution in [-0.4, -0.2) is 29.8 Å². The molecular formula is C8H9BrN2O3. The predicted octanol–water partition coefficient (Wildman–Crippen LogP) is 0.620. The maximum atomic E-state index is 11.2. The lowest BCUT2D eigenvalue weighted by atomic mass is 10.3. The monoisotopic (exact) mass is 260 g/mol. The first-order chi connectivity index (χ1) is 6.77. The SMILES string of the molecule is O=c1[nH]c(C2COCCO2)ncc1Br. The van der Waals surface area contributed by atoms with Gasteiger partial charge in [0, 0.05) is 6.20 Å². The molecule has 0 radical (unpaired) electrons. The van der Waals surface area contributed by atoms with Crippen molar-refractivity contribution in [1.82, 2.24) is 9.97 Å². The molecule has 5 nitrogen and oxygen atoms in total. The van der Waals surface area contributed by atoms with Crippen molar-refractivity contribution in [2.24, 2.45) is 0 Å². The summed E-state index contributed by atoms with van der Waals surface area (Å²) in [7, 11) is 0. The Labute approximate surface area is 88.6 Å². The third-order valence-corrected chi connectivity index (χ3v) is 2.46. The maximum Gasteiger partial charge on any atom is 0.265 e. The zero-order valence-electron chi connectivity index (χ0n) is 7.33. The number of nitrogens with zero attached hydrogens (tertiary/aromatic N) is 1. The Bertz CT molecular complexity index is 373. The Kier molecular flexibility index (Phi) is 2.95. The second kappa shape index (κ2) is 4.20. The first-order valence-electron chi connectivity index (χ1n) is 4.21. The highest BCUT2D eigenvalue weighted by molar-refractivity contribution is 9.10. The van der Waals surface area contributed by atoms with E-state index in [4.69, 9.17) is 9.47 Å². The fraction of sp³-hybridized carbons (Fsp3) is 0.500. The van der Waals surface area contributed by atoms with Gasteiger partial charge in [0.2, 0.25) is 0 Å². The Morgan fingerprint density at radius 2 is 2.43 bits per heavy atom. The van der Waals surface area contributed by atoms with Crippen molar-refractivity contribution in [3.63, 3.8) is 0 Å². The number of aromatic amines is 1. The molecule has 1 aliphatic heterocycles. The third kappa shape index (κ3) is 2.02. The lowest BCUT2D eigenvalue weighted by Gasteiger charge is -2.21. The number of rotatable bonds is 1. The summed E-state index contributed by atoms with van der Waals surface area (Å²) in [5.41, 5.74) is -0.204. The van der Waals surface area contributed by atoms with Crippen LogP contribution in [0.4, 0.5) is 0 Å². The fourth-order valence-corrected chi connectivity index (χ4v) is 1.40. The highest BCUT2D eigenvalue weighted by atomic mass is 79.9. The zero-order valence-corrected chi connectivity index (χ0v) is 8.91. The summed E-state index contributed by atoms with van der Waals surface area (Å²) in [6.45, 7) is 1.56. The molecule has 0 bridgehead atoms. The van der Waals surface area contributed by atoms with Gasteiger partial charge in [-0.2, -0.15) is 0 Å². The molecule has 2 heterocycles. The lowest BCUT2D eigenvalue weighted by Crippen LogP contribution is -2.25. The van der Waals surface area contributed by atoms with Crippen LogP contribution >= 0.6 is 15.9 Å². The highest BCUT2D eigenvalue weighted by Gasteiger charge is 2.18. The summed E-state index contributed by atoms with van der Waals surface area (Å²) < 4.78 is 11.0. The minimum Gasteiger partial charge on any atom is -0.376 e. The summed E-state index contributed by atoms with van der Waals surface area (Å²) in [5.74, 6) is 0.512. The number of H-pyrrole nitrogens is 1. The molecule has 0 aromatic carbocycles. The Morgan fingerprint density at radius 1 is 1.57 bits per heavy atom. The molecule has 76 valence electrons. The van der Waals surface area contributed by atoms with Crippen molar-refractivity contribution in [2.75, 3.05) is 19.8 Å². The van der Waals surface area contributed by atoms with Gasteiger partial charge in [-0.05, 0) is 15.9 Å². The van der Waals surface area contributed by atoms with Crippen molar-refractivity contribution in [2.45, 2.75) is 6.10 Å². The van der Waals surface area contributed by atoms with E-state index in [1.807, 2.05) is 0 Å². The first kappa shape index (κ1) is 9.82. The topological polar surface area (TPSA) is 64.2 Å². The molecule has 1 atom stereocenters. The summed E-state index contributed by atoms with van der Waals surface area (Å²) in [6, 6.07) is 0. The fourth-order valence-electron chi connectivity index (χ4n) is 1.20. The molecule has 1 N–H and O–H groups in total. The van der Waals surface area contributed by atoms with Crippen LogP contribution < -0.4 is 5.56 Å². The van der Waals surface area contributed by atoms with Gasteiger partial charge in [0.25, 0.3) is 5.56 Å². The van der Waals surface area contributed by atoms with Gasteiger partial charge in [-0.15, -0.1) is 0 Å². The van der Waals surface area contributed by atoms with Crippen molar-refractivity contribution < 1.29 is 9.47 Å². The van der Waals surface area contributed by atoms with E-state index in [0.29, 0.717) is 30.1 Å². The van der Waals surface area contributed by atoms with Crippen molar-refractivity contribution in [1.29, 1.82) is 0 Å². The van der Waals surface area contributed by atoms with Crippen LogP contribution in [0.15, 0.2) is 15.5 Å². The van der Waals surface area contributed by atoms with Crippen LogP contribution in [0.1, 0.15) is 11.9 Å². The van der Waals surface area contributed by atoms with Crippen LogP contribution in [-0.2, 0) is 9.47 Å². The normalized spacial score (nSPS) is 22.2. The molecule has 1 aromatic heterocycles. The minimum atomic E-state index is -0.260. The standard InChI is InChI=1S/C8H9BrN2O3/c9-5-3-10-7(11-8(5)12)6-4-13-1-2-14-6/h3,6H,1-2,4H2,(H,10,11,12). The molecule has 2 rings (SSSR count). The van der Waals surface area contributed by atoms with Crippen LogP contribution in [0.25, 0.3) is 0 Å². The average molecular weight is 261 g/mol. The average Bonchev–Trinajstić information content (AvgIpc) is 2.23. The quantitative estimate of drug-likeness (QED) is 0.804. The van der Waals surface area contributed by atoms with Crippen molar-refractivity contribution >= 4 is 15.9 Å². The van der Waals surface area contributed by atoms with E-state index in [-0.39, 0.29) is 11.7 Å². The number of ether oxygens (including phenoxy) is 2.